The third kappa shape index (κ3) is 4.91. The van der Waals surface area contributed by atoms with Crippen molar-refractivity contribution in [2.24, 2.45) is 5.92 Å². The number of anilines is 2. The Labute approximate surface area is 194 Å². The van der Waals surface area contributed by atoms with Crippen LogP contribution in [-0.2, 0) is 16.2 Å². The summed E-state index contributed by atoms with van der Waals surface area (Å²) in [6.07, 6.45) is 3.59. The summed E-state index contributed by atoms with van der Waals surface area (Å²) in [4.78, 5) is 31.1. The first-order valence-corrected chi connectivity index (χ1v) is 10.9. The van der Waals surface area contributed by atoms with Crippen LogP contribution in [0.15, 0.2) is 71.5 Å². The van der Waals surface area contributed by atoms with Gasteiger partial charge in [-0.1, -0.05) is 18.2 Å². The van der Waals surface area contributed by atoms with E-state index in [1.165, 1.54) is 0 Å². The van der Waals surface area contributed by atoms with Gasteiger partial charge in [-0.15, -0.1) is 0 Å². The molecule has 7 nitrogen and oxygen atoms in total. The highest BCUT2D eigenvalue weighted by Crippen LogP contribution is 2.33. The van der Waals surface area contributed by atoms with Gasteiger partial charge in [0.25, 0.3) is 0 Å². The van der Waals surface area contributed by atoms with Gasteiger partial charge in [0.05, 0.1) is 18.7 Å². The molecule has 164 valence electrons. The molecular formula is C24H22BrN3O4. The first kappa shape index (κ1) is 21.8. The van der Waals surface area contributed by atoms with E-state index in [1.54, 1.807) is 42.6 Å². The standard InChI is InChI=1S/C24H22BrN3O4/c1-31-21-9-8-18(12-22(21)32-15-16-5-4-10-26-13-16)27-24(30)17-11-23(29)28(14-17)20-7-3-2-6-19(20)25/h2-10,12-13,17H,11,14-15H2,1H3,(H,27,30). The minimum atomic E-state index is -0.448. The maximum atomic E-state index is 12.9. The van der Waals surface area contributed by atoms with Gasteiger partial charge >= 0.3 is 0 Å². The molecule has 8 heteroatoms. The minimum Gasteiger partial charge on any atom is -0.493 e. The molecule has 1 unspecified atom stereocenters. The average Bonchev–Trinajstić information content (AvgIpc) is 3.20. The number of benzene rings is 2. The van der Waals surface area contributed by atoms with Crippen molar-refractivity contribution < 1.29 is 19.1 Å². The van der Waals surface area contributed by atoms with E-state index in [2.05, 4.69) is 26.2 Å². The van der Waals surface area contributed by atoms with Gasteiger partial charge in [0, 0.05) is 47.1 Å². The van der Waals surface area contributed by atoms with Crippen molar-refractivity contribution in [1.82, 2.24) is 4.98 Å². The number of carbonyl (C=O) groups excluding carboxylic acids is 2. The first-order chi connectivity index (χ1) is 15.5. The predicted molar refractivity (Wildman–Crippen MR) is 125 cm³/mol. The van der Waals surface area contributed by atoms with E-state index in [1.807, 2.05) is 36.4 Å². The summed E-state index contributed by atoms with van der Waals surface area (Å²) in [7, 11) is 1.56. The second-order valence-corrected chi connectivity index (χ2v) is 8.22. The van der Waals surface area contributed by atoms with Crippen LogP contribution in [0.3, 0.4) is 0 Å². The fourth-order valence-electron chi connectivity index (χ4n) is 3.54. The van der Waals surface area contributed by atoms with Crippen LogP contribution in [0.5, 0.6) is 11.5 Å². The fraction of sp³-hybridized carbons (Fsp3) is 0.208. The molecule has 0 spiro atoms. The topological polar surface area (TPSA) is 80.8 Å². The third-order valence-corrected chi connectivity index (χ3v) is 5.86. The van der Waals surface area contributed by atoms with Gasteiger partial charge in [0.1, 0.15) is 6.61 Å². The van der Waals surface area contributed by atoms with Crippen LogP contribution in [0.2, 0.25) is 0 Å². The summed E-state index contributed by atoms with van der Waals surface area (Å²) in [5.41, 5.74) is 2.26. The molecule has 1 fully saturated rings. The zero-order valence-electron chi connectivity index (χ0n) is 17.5. The highest BCUT2D eigenvalue weighted by atomic mass is 79.9. The minimum absolute atomic E-state index is 0.0766. The Hall–Kier alpha value is -3.39. The third-order valence-electron chi connectivity index (χ3n) is 5.19. The Morgan fingerprint density at radius 1 is 1.19 bits per heavy atom. The molecule has 1 aliphatic heterocycles. The van der Waals surface area contributed by atoms with Crippen LogP contribution in [0.4, 0.5) is 11.4 Å². The Bertz CT molecular complexity index is 1120. The van der Waals surface area contributed by atoms with Crippen LogP contribution >= 0.6 is 15.9 Å². The van der Waals surface area contributed by atoms with Crippen molar-refractivity contribution in [3.8, 4) is 11.5 Å². The Balaban J connectivity index is 1.44. The smallest absolute Gasteiger partial charge is 0.229 e. The number of rotatable bonds is 7. The summed E-state index contributed by atoms with van der Waals surface area (Å²) in [5, 5.41) is 2.90. The molecule has 2 heterocycles. The number of halogens is 1. The number of pyridine rings is 1. The molecule has 2 amide bonds. The lowest BCUT2D eigenvalue weighted by Crippen LogP contribution is -2.28. The van der Waals surface area contributed by atoms with E-state index in [9.17, 15) is 9.59 Å². The number of para-hydroxylation sites is 1. The number of nitrogens with one attached hydrogen (secondary N) is 1. The van der Waals surface area contributed by atoms with Gasteiger partial charge in [-0.3, -0.25) is 14.6 Å². The van der Waals surface area contributed by atoms with Gasteiger partial charge < -0.3 is 19.7 Å². The van der Waals surface area contributed by atoms with Gasteiger partial charge in [-0.25, -0.2) is 0 Å². The fourth-order valence-corrected chi connectivity index (χ4v) is 4.04. The Morgan fingerprint density at radius 3 is 2.78 bits per heavy atom. The molecule has 0 aliphatic carbocycles. The number of amides is 2. The lowest BCUT2D eigenvalue weighted by atomic mass is 10.1. The summed E-state index contributed by atoms with van der Waals surface area (Å²) in [5.74, 6) is 0.328. The van der Waals surface area contributed by atoms with Gasteiger partial charge in [-0.2, -0.15) is 0 Å². The predicted octanol–water partition coefficient (Wildman–Crippen LogP) is 4.42. The second kappa shape index (κ2) is 9.82. The average molecular weight is 496 g/mol. The molecule has 0 saturated carbocycles. The molecule has 2 aromatic carbocycles. The SMILES string of the molecule is COc1ccc(NC(=O)C2CC(=O)N(c3ccccc3Br)C2)cc1OCc1cccnc1. The number of carbonyl (C=O) groups is 2. The number of ether oxygens (including phenoxy) is 2. The van der Waals surface area contributed by atoms with Crippen LogP contribution in [0.1, 0.15) is 12.0 Å². The molecule has 1 N–H and O–H groups in total. The van der Waals surface area contributed by atoms with Crippen molar-refractivity contribution in [3.05, 3.63) is 77.0 Å². The maximum Gasteiger partial charge on any atom is 0.229 e. The zero-order valence-corrected chi connectivity index (χ0v) is 19.0. The monoisotopic (exact) mass is 495 g/mol. The molecule has 1 aromatic heterocycles. The second-order valence-electron chi connectivity index (χ2n) is 7.36. The molecule has 0 radical (unpaired) electrons. The van der Waals surface area contributed by atoms with E-state index >= 15 is 0 Å². The lowest BCUT2D eigenvalue weighted by Gasteiger charge is -2.18. The number of hydrogen-bond acceptors (Lipinski definition) is 5. The van der Waals surface area contributed by atoms with E-state index in [0.717, 1.165) is 15.7 Å². The van der Waals surface area contributed by atoms with E-state index < -0.39 is 5.92 Å². The number of aromatic nitrogens is 1. The summed E-state index contributed by atoms with van der Waals surface area (Å²) in [6.45, 7) is 0.646. The maximum absolute atomic E-state index is 12.9. The number of hydrogen-bond donors (Lipinski definition) is 1. The molecule has 3 aromatic rings. The van der Waals surface area contributed by atoms with Crippen molar-refractivity contribution in [3.63, 3.8) is 0 Å². The molecule has 32 heavy (non-hydrogen) atoms. The normalized spacial score (nSPS) is 15.5. The zero-order chi connectivity index (χ0) is 22.5. The number of nitrogens with zero attached hydrogens (tertiary/aromatic N) is 2. The van der Waals surface area contributed by atoms with Crippen LogP contribution in [0.25, 0.3) is 0 Å². The van der Waals surface area contributed by atoms with Gasteiger partial charge in [0.15, 0.2) is 11.5 Å². The van der Waals surface area contributed by atoms with Crippen LogP contribution in [0, 0.1) is 5.92 Å². The lowest BCUT2D eigenvalue weighted by molar-refractivity contribution is -0.122. The van der Waals surface area contributed by atoms with E-state index in [4.69, 9.17) is 9.47 Å². The van der Waals surface area contributed by atoms with Crippen molar-refractivity contribution >= 4 is 39.1 Å². The molecule has 1 atom stereocenters. The summed E-state index contributed by atoms with van der Waals surface area (Å²) < 4.78 is 12.1. The highest BCUT2D eigenvalue weighted by Gasteiger charge is 2.35. The van der Waals surface area contributed by atoms with Crippen molar-refractivity contribution in [1.29, 1.82) is 0 Å². The van der Waals surface area contributed by atoms with E-state index in [0.29, 0.717) is 30.3 Å². The summed E-state index contributed by atoms with van der Waals surface area (Å²) >= 11 is 3.47. The quantitative estimate of drug-likeness (QED) is 0.524. The molecule has 0 bridgehead atoms. The van der Waals surface area contributed by atoms with Crippen LogP contribution < -0.4 is 19.7 Å². The molecule has 4 rings (SSSR count). The first-order valence-electron chi connectivity index (χ1n) is 10.1. The van der Waals surface area contributed by atoms with Crippen molar-refractivity contribution in [2.45, 2.75) is 13.0 Å². The Morgan fingerprint density at radius 2 is 2.03 bits per heavy atom. The van der Waals surface area contributed by atoms with Crippen LogP contribution in [-0.4, -0.2) is 30.5 Å². The highest BCUT2D eigenvalue weighted by molar-refractivity contribution is 9.10. The molecule has 1 aliphatic rings. The van der Waals surface area contributed by atoms with Gasteiger partial charge in [-0.05, 0) is 46.3 Å². The molecule has 1 saturated heterocycles. The summed E-state index contributed by atoms with van der Waals surface area (Å²) in [6, 6.07) is 16.4. The van der Waals surface area contributed by atoms with Crippen molar-refractivity contribution in [2.75, 3.05) is 23.9 Å². The number of methoxy groups -OCH3 is 1. The molecular weight excluding hydrogens is 474 g/mol. The largest absolute Gasteiger partial charge is 0.493 e. The van der Waals surface area contributed by atoms with E-state index in [-0.39, 0.29) is 18.2 Å². The van der Waals surface area contributed by atoms with Gasteiger partial charge in [0.2, 0.25) is 11.8 Å². The Kier molecular flexibility index (Phi) is 6.70.